The van der Waals surface area contributed by atoms with Crippen LogP contribution in [0.3, 0.4) is 0 Å². The van der Waals surface area contributed by atoms with Crippen molar-refractivity contribution in [2.24, 2.45) is 0 Å². The van der Waals surface area contributed by atoms with Gasteiger partial charge in [-0.3, -0.25) is 0 Å². The lowest BCUT2D eigenvalue weighted by Gasteiger charge is -2.09. The van der Waals surface area contributed by atoms with E-state index in [1.54, 1.807) is 30.3 Å². The third kappa shape index (κ3) is 3.40. The summed E-state index contributed by atoms with van der Waals surface area (Å²) in [6, 6.07) is 14.2. The first-order valence-corrected chi connectivity index (χ1v) is 6.21. The third-order valence-electron chi connectivity index (χ3n) is 2.43. The lowest BCUT2D eigenvalue weighted by atomic mass is 10.2. The van der Waals surface area contributed by atoms with Crippen LogP contribution < -0.4 is 9.47 Å². The molecule has 3 nitrogen and oxygen atoms in total. The molecule has 0 aliphatic carbocycles. The van der Waals surface area contributed by atoms with Crippen LogP contribution in [0.5, 0.6) is 17.2 Å². The molecule has 0 aromatic heterocycles. The number of nitrogens with zero attached hydrogens (tertiary/aromatic N) is 1. The summed E-state index contributed by atoms with van der Waals surface area (Å²) >= 11 is 5.90. The van der Waals surface area contributed by atoms with E-state index in [4.69, 9.17) is 26.3 Å². The zero-order valence-electron chi connectivity index (χ0n) is 10.4. The Bertz CT molecular complexity index is 603. The molecule has 0 aliphatic heterocycles. The summed E-state index contributed by atoms with van der Waals surface area (Å²) in [5, 5.41) is 9.54. The predicted molar refractivity (Wildman–Crippen MR) is 73.9 cm³/mol. The maximum absolute atomic E-state index is 9.01. The Labute approximate surface area is 117 Å². The monoisotopic (exact) mass is 273 g/mol. The third-order valence-corrected chi connectivity index (χ3v) is 2.66. The minimum atomic E-state index is 0.443. The molecule has 0 unspecified atom stereocenters. The molecule has 2 rings (SSSR count). The van der Waals surface area contributed by atoms with E-state index in [0.717, 1.165) is 5.75 Å². The molecular formula is C15H12ClNO2. The smallest absolute Gasteiger partial charge is 0.146 e. The van der Waals surface area contributed by atoms with Crippen LogP contribution in [-0.2, 0) is 0 Å². The molecule has 2 aromatic carbocycles. The van der Waals surface area contributed by atoms with Crippen LogP contribution in [0.2, 0.25) is 5.02 Å². The lowest BCUT2D eigenvalue weighted by molar-refractivity contribution is 0.339. The van der Waals surface area contributed by atoms with Crippen LogP contribution >= 0.6 is 11.6 Å². The van der Waals surface area contributed by atoms with Crippen LogP contribution in [-0.4, -0.2) is 6.61 Å². The Kier molecular flexibility index (Phi) is 4.27. The molecular weight excluding hydrogens is 262 g/mol. The maximum Gasteiger partial charge on any atom is 0.146 e. The van der Waals surface area contributed by atoms with Crippen LogP contribution in [0, 0.1) is 11.3 Å². The summed E-state index contributed by atoms with van der Waals surface area (Å²) < 4.78 is 11.0. The topological polar surface area (TPSA) is 42.2 Å². The summed E-state index contributed by atoms with van der Waals surface area (Å²) in [5.41, 5.74) is 0.443. The molecule has 96 valence electrons. The Hall–Kier alpha value is -2.18. The van der Waals surface area contributed by atoms with Gasteiger partial charge in [-0.2, -0.15) is 5.26 Å². The van der Waals surface area contributed by atoms with Crippen LogP contribution in [0.15, 0.2) is 42.5 Å². The second kappa shape index (κ2) is 6.12. The summed E-state index contributed by atoms with van der Waals surface area (Å²) in [6.07, 6.45) is 0. The molecule has 0 radical (unpaired) electrons. The van der Waals surface area contributed by atoms with E-state index >= 15 is 0 Å². The predicted octanol–water partition coefficient (Wildman–Crippen LogP) is 4.40. The molecule has 0 atom stereocenters. The van der Waals surface area contributed by atoms with Gasteiger partial charge in [0.1, 0.15) is 23.3 Å². The van der Waals surface area contributed by atoms with Gasteiger partial charge < -0.3 is 9.47 Å². The van der Waals surface area contributed by atoms with Crippen molar-refractivity contribution >= 4 is 11.6 Å². The first kappa shape index (κ1) is 13.3. The molecule has 0 saturated carbocycles. The highest BCUT2D eigenvalue weighted by atomic mass is 35.5. The van der Waals surface area contributed by atoms with Crippen molar-refractivity contribution in [3.63, 3.8) is 0 Å². The van der Waals surface area contributed by atoms with Gasteiger partial charge in [-0.1, -0.05) is 11.6 Å². The fourth-order valence-corrected chi connectivity index (χ4v) is 1.73. The fourth-order valence-electron chi connectivity index (χ4n) is 1.57. The van der Waals surface area contributed by atoms with Crippen molar-refractivity contribution in [3.05, 3.63) is 53.1 Å². The molecule has 2 aromatic rings. The fraction of sp³-hybridized carbons (Fsp3) is 0.133. The number of nitriles is 1. The normalized spacial score (nSPS) is 9.74. The van der Waals surface area contributed by atoms with E-state index in [9.17, 15) is 0 Å². The molecule has 0 fully saturated rings. The quantitative estimate of drug-likeness (QED) is 0.829. The number of ether oxygens (including phenoxy) is 2. The number of hydrogen-bond acceptors (Lipinski definition) is 3. The van der Waals surface area contributed by atoms with Gasteiger partial charge in [0.05, 0.1) is 12.2 Å². The zero-order chi connectivity index (χ0) is 13.7. The standard InChI is InChI=1S/C15H12ClNO2/c1-2-18-13-5-7-14(8-6-13)19-15-9-12(16)4-3-11(15)10-17/h3-9H,2H2,1H3. The average molecular weight is 274 g/mol. The molecule has 0 bridgehead atoms. The van der Waals surface area contributed by atoms with E-state index < -0.39 is 0 Å². The van der Waals surface area contributed by atoms with Gasteiger partial charge in [0.25, 0.3) is 0 Å². The molecule has 4 heteroatoms. The Morgan fingerprint density at radius 1 is 1.11 bits per heavy atom. The van der Waals surface area contributed by atoms with Crippen molar-refractivity contribution < 1.29 is 9.47 Å². The van der Waals surface area contributed by atoms with Crippen molar-refractivity contribution in [2.45, 2.75) is 6.92 Å². The van der Waals surface area contributed by atoms with Gasteiger partial charge in [-0.15, -0.1) is 0 Å². The second-order valence-electron chi connectivity index (χ2n) is 3.76. The van der Waals surface area contributed by atoms with Crippen molar-refractivity contribution in [2.75, 3.05) is 6.61 Å². The molecule has 0 amide bonds. The minimum absolute atomic E-state index is 0.443. The Balaban J connectivity index is 2.21. The van der Waals surface area contributed by atoms with Crippen molar-refractivity contribution in [1.82, 2.24) is 0 Å². The van der Waals surface area contributed by atoms with Gasteiger partial charge in [-0.25, -0.2) is 0 Å². The Morgan fingerprint density at radius 3 is 2.42 bits per heavy atom. The molecule has 19 heavy (non-hydrogen) atoms. The summed E-state index contributed by atoms with van der Waals surface area (Å²) in [6.45, 7) is 2.54. The minimum Gasteiger partial charge on any atom is -0.494 e. The van der Waals surface area contributed by atoms with Crippen LogP contribution in [0.1, 0.15) is 12.5 Å². The van der Waals surface area contributed by atoms with Gasteiger partial charge in [-0.05, 0) is 43.3 Å². The van der Waals surface area contributed by atoms with Crippen LogP contribution in [0.25, 0.3) is 0 Å². The van der Waals surface area contributed by atoms with E-state index in [0.29, 0.717) is 28.7 Å². The largest absolute Gasteiger partial charge is 0.494 e. The highest BCUT2D eigenvalue weighted by Crippen LogP contribution is 2.29. The average Bonchev–Trinajstić information content (AvgIpc) is 2.42. The maximum atomic E-state index is 9.01. The van der Waals surface area contributed by atoms with Gasteiger partial charge >= 0.3 is 0 Å². The van der Waals surface area contributed by atoms with Crippen molar-refractivity contribution in [3.8, 4) is 23.3 Å². The van der Waals surface area contributed by atoms with E-state index in [1.165, 1.54) is 0 Å². The van der Waals surface area contributed by atoms with Crippen molar-refractivity contribution in [1.29, 1.82) is 5.26 Å². The van der Waals surface area contributed by atoms with Gasteiger partial charge in [0.15, 0.2) is 0 Å². The van der Waals surface area contributed by atoms with E-state index in [-0.39, 0.29) is 0 Å². The first-order chi connectivity index (χ1) is 9.22. The highest BCUT2D eigenvalue weighted by molar-refractivity contribution is 6.30. The summed E-state index contributed by atoms with van der Waals surface area (Å²) in [4.78, 5) is 0. The number of rotatable bonds is 4. The van der Waals surface area contributed by atoms with E-state index in [1.807, 2.05) is 19.1 Å². The second-order valence-corrected chi connectivity index (χ2v) is 4.20. The summed E-state index contributed by atoms with van der Waals surface area (Å²) in [7, 11) is 0. The molecule has 0 aliphatic rings. The SMILES string of the molecule is CCOc1ccc(Oc2cc(Cl)ccc2C#N)cc1. The highest BCUT2D eigenvalue weighted by Gasteiger charge is 2.06. The first-order valence-electron chi connectivity index (χ1n) is 5.83. The lowest BCUT2D eigenvalue weighted by Crippen LogP contribution is -1.92. The summed E-state index contributed by atoms with van der Waals surface area (Å²) in [5.74, 6) is 1.85. The number of halogens is 1. The number of hydrogen-bond donors (Lipinski definition) is 0. The van der Waals surface area contributed by atoms with Crippen LogP contribution in [0.4, 0.5) is 0 Å². The van der Waals surface area contributed by atoms with Gasteiger partial charge in [0.2, 0.25) is 0 Å². The molecule has 0 heterocycles. The molecule has 0 saturated heterocycles. The molecule has 0 N–H and O–H groups in total. The molecule has 0 spiro atoms. The Morgan fingerprint density at radius 2 is 1.79 bits per heavy atom. The number of benzene rings is 2. The van der Waals surface area contributed by atoms with E-state index in [2.05, 4.69) is 6.07 Å². The zero-order valence-corrected chi connectivity index (χ0v) is 11.1. The van der Waals surface area contributed by atoms with Gasteiger partial charge in [0, 0.05) is 11.1 Å².